The summed E-state index contributed by atoms with van der Waals surface area (Å²) >= 11 is 1.63. The van der Waals surface area contributed by atoms with Crippen molar-refractivity contribution < 1.29 is 14.3 Å². The Morgan fingerprint density at radius 3 is 2.47 bits per heavy atom. The zero-order valence-corrected chi connectivity index (χ0v) is 11.8. The van der Waals surface area contributed by atoms with E-state index in [0.717, 1.165) is 25.0 Å². The Kier molecular flexibility index (Phi) is 10.0. The smallest absolute Gasteiger partial charge is 0.325 e. The van der Waals surface area contributed by atoms with Crippen molar-refractivity contribution in [2.45, 2.75) is 33.1 Å². The summed E-state index contributed by atoms with van der Waals surface area (Å²) in [4.78, 5) is 24.6. The van der Waals surface area contributed by atoms with Gasteiger partial charge in [-0.3, -0.25) is 9.59 Å². The van der Waals surface area contributed by atoms with Crippen LogP contribution in [0.5, 0.6) is 0 Å². The molecular formula is C12H23NO3S. The predicted molar refractivity (Wildman–Crippen MR) is 71.1 cm³/mol. The Morgan fingerprint density at radius 2 is 1.94 bits per heavy atom. The van der Waals surface area contributed by atoms with E-state index in [1.807, 2.05) is 6.92 Å². The van der Waals surface area contributed by atoms with Crippen molar-refractivity contribution in [3.05, 3.63) is 0 Å². The van der Waals surface area contributed by atoms with Crippen molar-refractivity contribution in [1.82, 2.24) is 4.90 Å². The average Bonchev–Trinajstić information content (AvgIpc) is 2.33. The highest BCUT2D eigenvalue weighted by Crippen LogP contribution is 2.06. The molecule has 0 saturated carbocycles. The molecule has 0 aromatic heterocycles. The molecule has 0 bridgehead atoms. The molecule has 0 aromatic rings. The minimum Gasteiger partial charge on any atom is -0.468 e. The van der Waals surface area contributed by atoms with Crippen LogP contribution in [0.3, 0.4) is 0 Å². The molecule has 0 saturated heterocycles. The summed E-state index contributed by atoms with van der Waals surface area (Å²) in [6, 6.07) is 0. The van der Waals surface area contributed by atoms with Crippen LogP contribution in [0.4, 0.5) is 0 Å². The van der Waals surface area contributed by atoms with Crippen LogP contribution in [0.1, 0.15) is 33.1 Å². The predicted octanol–water partition coefficient (Wildman–Crippen LogP) is 1.93. The summed E-state index contributed by atoms with van der Waals surface area (Å²) in [6.07, 6.45) is 3.12. The number of carbonyl (C=O) groups excluding carboxylic acids is 2. The minimum atomic E-state index is -0.356. The second kappa shape index (κ2) is 10.4. The van der Waals surface area contributed by atoms with E-state index >= 15 is 0 Å². The highest BCUT2D eigenvalue weighted by atomic mass is 32.2. The first-order valence-corrected chi connectivity index (χ1v) is 7.23. The highest BCUT2D eigenvalue weighted by Gasteiger charge is 2.16. The number of thioether (sulfide) groups is 1. The molecule has 0 aliphatic carbocycles. The van der Waals surface area contributed by atoms with Gasteiger partial charge >= 0.3 is 5.97 Å². The van der Waals surface area contributed by atoms with Gasteiger partial charge in [-0.2, -0.15) is 11.8 Å². The fourth-order valence-electron chi connectivity index (χ4n) is 1.28. The van der Waals surface area contributed by atoms with Crippen molar-refractivity contribution in [2.75, 3.05) is 31.7 Å². The number of amides is 1. The Hall–Kier alpha value is -0.710. The maximum absolute atomic E-state index is 11.8. The Labute approximate surface area is 108 Å². The van der Waals surface area contributed by atoms with Gasteiger partial charge in [0.25, 0.3) is 0 Å². The van der Waals surface area contributed by atoms with Gasteiger partial charge in [0.15, 0.2) is 0 Å². The number of nitrogens with zero attached hydrogens (tertiary/aromatic N) is 1. The fourth-order valence-corrected chi connectivity index (χ4v) is 2.27. The number of methoxy groups -OCH3 is 1. The number of hydrogen-bond acceptors (Lipinski definition) is 4. The topological polar surface area (TPSA) is 46.6 Å². The number of ether oxygens (including phenoxy) is 1. The number of hydrogen-bond donors (Lipinski definition) is 0. The molecule has 0 atom stereocenters. The monoisotopic (exact) mass is 261 g/mol. The summed E-state index contributed by atoms with van der Waals surface area (Å²) in [7, 11) is 1.34. The van der Waals surface area contributed by atoms with E-state index in [1.165, 1.54) is 7.11 Å². The van der Waals surface area contributed by atoms with Crippen LogP contribution in [0.25, 0.3) is 0 Å². The summed E-state index contributed by atoms with van der Waals surface area (Å²) < 4.78 is 4.58. The van der Waals surface area contributed by atoms with Gasteiger partial charge in [-0.15, -0.1) is 0 Å². The first-order chi connectivity index (χ1) is 8.15. The summed E-state index contributed by atoms with van der Waals surface area (Å²) in [6.45, 7) is 4.80. The molecule has 0 aliphatic heterocycles. The lowest BCUT2D eigenvalue weighted by Gasteiger charge is -2.20. The lowest BCUT2D eigenvalue weighted by molar-refractivity contribution is -0.146. The molecule has 0 fully saturated rings. The van der Waals surface area contributed by atoms with E-state index in [4.69, 9.17) is 0 Å². The van der Waals surface area contributed by atoms with Gasteiger partial charge in [0, 0.05) is 6.54 Å². The normalized spacial score (nSPS) is 10.1. The fraction of sp³-hybridized carbons (Fsp3) is 0.833. The van der Waals surface area contributed by atoms with Gasteiger partial charge in [0.1, 0.15) is 6.54 Å². The van der Waals surface area contributed by atoms with Crippen LogP contribution in [0.15, 0.2) is 0 Å². The Bertz CT molecular complexity index is 234. The molecule has 0 heterocycles. The van der Waals surface area contributed by atoms with Gasteiger partial charge in [0.05, 0.1) is 12.9 Å². The van der Waals surface area contributed by atoms with Crippen molar-refractivity contribution >= 4 is 23.6 Å². The van der Waals surface area contributed by atoms with E-state index in [9.17, 15) is 9.59 Å². The summed E-state index contributed by atoms with van der Waals surface area (Å²) in [5.74, 6) is 1.13. The average molecular weight is 261 g/mol. The molecule has 1 amide bonds. The SMILES string of the molecule is CCCCSCC(=O)N(CCC)CC(=O)OC. The summed E-state index contributed by atoms with van der Waals surface area (Å²) in [5.41, 5.74) is 0. The van der Waals surface area contributed by atoms with Gasteiger partial charge in [-0.1, -0.05) is 20.3 Å². The van der Waals surface area contributed by atoms with Crippen LogP contribution in [-0.4, -0.2) is 48.5 Å². The number of carbonyl (C=O) groups is 2. The molecule has 0 radical (unpaired) electrons. The number of unbranched alkanes of at least 4 members (excludes halogenated alkanes) is 1. The third-order valence-electron chi connectivity index (χ3n) is 2.26. The first-order valence-electron chi connectivity index (χ1n) is 6.08. The molecule has 4 nitrogen and oxygen atoms in total. The van der Waals surface area contributed by atoms with E-state index in [-0.39, 0.29) is 18.4 Å². The standard InChI is InChI=1S/C12H23NO3S/c1-4-6-8-17-10-11(14)13(7-5-2)9-12(15)16-3/h4-10H2,1-3H3. The quantitative estimate of drug-likeness (QED) is 0.470. The van der Waals surface area contributed by atoms with E-state index < -0.39 is 0 Å². The van der Waals surface area contributed by atoms with Crippen LogP contribution >= 0.6 is 11.8 Å². The van der Waals surface area contributed by atoms with E-state index in [0.29, 0.717) is 12.3 Å². The zero-order chi connectivity index (χ0) is 13.1. The van der Waals surface area contributed by atoms with Gasteiger partial charge < -0.3 is 9.64 Å². The Morgan fingerprint density at radius 1 is 1.24 bits per heavy atom. The molecule has 0 spiro atoms. The van der Waals surface area contributed by atoms with Gasteiger partial charge in [-0.05, 0) is 18.6 Å². The minimum absolute atomic E-state index is 0.0263. The molecule has 0 N–H and O–H groups in total. The van der Waals surface area contributed by atoms with Crippen LogP contribution in [0.2, 0.25) is 0 Å². The third-order valence-corrected chi connectivity index (χ3v) is 3.29. The Balaban J connectivity index is 4.01. The van der Waals surface area contributed by atoms with Crippen LogP contribution < -0.4 is 0 Å². The van der Waals surface area contributed by atoms with Crippen molar-refractivity contribution in [1.29, 1.82) is 0 Å². The molecule has 5 heteroatoms. The lowest BCUT2D eigenvalue weighted by Crippen LogP contribution is -2.37. The largest absolute Gasteiger partial charge is 0.468 e. The maximum Gasteiger partial charge on any atom is 0.325 e. The molecule has 0 unspecified atom stereocenters. The summed E-state index contributed by atoms with van der Waals surface area (Å²) in [5, 5.41) is 0. The number of esters is 1. The highest BCUT2D eigenvalue weighted by molar-refractivity contribution is 7.99. The lowest BCUT2D eigenvalue weighted by atomic mass is 10.4. The van der Waals surface area contributed by atoms with Crippen LogP contribution in [0, 0.1) is 0 Å². The van der Waals surface area contributed by atoms with Crippen molar-refractivity contribution in [2.24, 2.45) is 0 Å². The molecule has 0 rings (SSSR count). The molecular weight excluding hydrogens is 238 g/mol. The second-order valence-corrected chi connectivity index (χ2v) is 4.90. The van der Waals surface area contributed by atoms with E-state index in [1.54, 1.807) is 16.7 Å². The maximum atomic E-state index is 11.8. The number of rotatable bonds is 9. The van der Waals surface area contributed by atoms with Gasteiger partial charge in [0.2, 0.25) is 5.91 Å². The second-order valence-electron chi connectivity index (χ2n) is 3.80. The molecule has 17 heavy (non-hydrogen) atoms. The van der Waals surface area contributed by atoms with Crippen LogP contribution in [-0.2, 0) is 14.3 Å². The molecule has 0 aliphatic rings. The molecule has 0 aromatic carbocycles. The molecule has 100 valence electrons. The van der Waals surface area contributed by atoms with Crippen molar-refractivity contribution in [3.8, 4) is 0 Å². The zero-order valence-electron chi connectivity index (χ0n) is 11.0. The van der Waals surface area contributed by atoms with Crippen molar-refractivity contribution in [3.63, 3.8) is 0 Å². The van der Waals surface area contributed by atoms with Gasteiger partial charge in [-0.25, -0.2) is 0 Å². The van der Waals surface area contributed by atoms with E-state index in [2.05, 4.69) is 11.7 Å². The third kappa shape index (κ3) is 8.07. The first kappa shape index (κ1) is 16.3.